The maximum Gasteiger partial charge on any atom is 0.341 e. The van der Waals surface area contributed by atoms with E-state index in [2.05, 4.69) is 41.5 Å². The second kappa shape index (κ2) is 12.3. The summed E-state index contributed by atoms with van der Waals surface area (Å²) in [4.78, 5) is 26.4. The van der Waals surface area contributed by atoms with Crippen LogP contribution in [0.25, 0.3) is 11.1 Å². The Morgan fingerprint density at radius 3 is 2.45 bits per heavy atom. The zero-order valence-electron chi connectivity index (χ0n) is 22.0. The van der Waals surface area contributed by atoms with Crippen LogP contribution < -0.4 is 10.1 Å². The molecule has 0 saturated heterocycles. The van der Waals surface area contributed by atoms with Gasteiger partial charge in [-0.2, -0.15) is 0 Å². The summed E-state index contributed by atoms with van der Waals surface area (Å²) >= 11 is 2.61. The van der Waals surface area contributed by atoms with Gasteiger partial charge in [0.25, 0.3) is 0 Å². The molecule has 1 amide bonds. The van der Waals surface area contributed by atoms with Crippen LogP contribution in [0.3, 0.4) is 0 Å². The van der Waals surface area contributed by atoms with Crippen molar-refractivity contribution in [1.82, 2.24) is 14.8 Å². The normalized spacial score (nSPS) is 11.0. The Morgan fingerprint density at radius 1 is 1.08 bits per heavy atom. The maximum atomic E-state index is 12.9. The molecule has 4 aromatic rings. The van der Waals surface area contributed by atoms with Crippen LogP contribution >= 0.6 is 23.1 Å². The number of esters is 1. The van der Waals surface area contributed by atoms with Crippen molar-refractivity contribution in [2.75, 3.05) is 18.2 Å². The third kappa shape index (κ3) is 6.25. The second-order valence-electron chi connectivity index (χ2n) is 8.90. The first-order valence-corrected chi connectivity index (χ1v) is 13.9. The molecule has 2 aromatic carbocycles. The molecule has 0 aliphatic rings. The van der Waals surface area contributed by atoms with E-state index in [-0.39, 0.29) is 18.3 Å². The van der Waals surface area contributed by atoms with Crippen LogP contribution in [0.4, 0.5) is 5.00 Å². The number of aromatic nitrogens is 3. The SMILES string of the molecule is COC(=O)c1c(NC(=O)CSc2nnc(COc3ccc(C(C)C)cc3)n2C)sc(C)c1-c1ccccc1. The van der Waals surface area contributed by atoms with Gasteiger partial charge in [0, 0.05) is 17.5 Å². The topological polar surface area (TPSA) is 95.3 Å². The molecule has 0 fully saturated rings. The van der Waals surface area contributed by atoms with Gasteiger partial charge < -0.3 is 19.4 Å². The lowest BCUT2D eigenvalue weighted by Crippen LogP contribution is -2.16. The molecule has 0 bridgehead atoms. The molecule has 1 N–H and O–H groups in total. The Hall–Kier alpha value is -3.63. The number of hydrogen-bond donors (Lipinski definition) is 1. The molecule has 8 nitrogen and oxygen atoms in total. The van der Waals surface area contributed by atoms with E-state index in [0.29, 0.717) is 27.5 Å². The summed E-state index contributed by atoms with van der Waals surface area (Å²) in [6.07, 6.45) is 0. The van der Waals surface area contributed by atoms with Crippen LogP contribution in [0, 0.1) is 6.92 Å². The van der Waals surface area contributed by atoms with Crippen molar-refractivity contribution >= 4 is 40.0 Å². The minimum atomic E-state index is -0.493. The average molecular weight is 551 g/mol. The minimum absolute atomic E-state index is 0.0989. The van der Waals surface area contributed by atoms with E-state index in [4.69, 9.17) is 9.47 Å². The number of thiophene rings is 1. The molecule has 0 aliphatic carbocycles. The van der Waals surface area contributed by atoms with E-state index < -0.39 is 5.97 Å². The van der Waals surface area contributed by atoms with Crippen molar-refractivity contribution in [1.29, 1.82) is 0 Å². The number of ether oxygens (including phenoxy) is 2. The van der Waals surface area contributed by atoms with Crippen LogP contribution in [0.15, 0.2) is 59.8 Å². The van der Waals surface area contributed by atoms with Crippen LogP contribution in [-0.4, -0.2) is 39.5 Å². The summed E-state index contributed by atoms with van der Waals surface area (Å²) in [6, 6.07) is 17.6. The second-order valence-corrected chi connectivity index (χ2v) is 11.1. The van der Waals surface area contributed by atoms with E-state index in [1.165, 1.54) is 35.8 Å². The molecule has 0 atom stereocenters. The summed E-state index contributed by atoms with van der Waals surface area (Å²) in [5.74, 6) is 1.21. The molecule has 0 saturated carbocycles. The zero-order chi connectivity index (χ0) is 27.2. The third-order valence-electron chi connectivity index (χ3n) is 5.96. The predicted octanol–water partition coefficient (Wildman–Crippen LogP) is 6.07. The van der Waals surface area contributed by atoms with Crippen molar-refractivity contribution in [2.45, 2.75) is 38.5 Å². The molecule has 38 heavy (non-hydrogen) atoms. The lowest BCUT2D eigenvalue weighted by molar-refractivity contribution is -0.113. The molecule has 4 rings (SSSR count). The molecular formula is C28H30N4O4S2. The molecule has 198 valence electrons. The molecule has 0 spiro atoms. The highest BCUT2D eigenvalue weighted by molar-refractivity contribution is 7.99. The largest absolute Gasteiger partial charge is 0.486 e. The first-order valence-electron chi connectivity index (χ1n) is 12.1. The number of rotatable bonds is 10. The zero-order valence-corrected chi connectivity index (χ0v) is 23.6. The first kappa shape index (κ1) is 27.4. The Bertz CT molecular complexity index is 1410. The van der Waals surface area contributed by atoms with Gasteiger partial charge in [0.15, 0.2) is 11.0 Å². The Labute approximate surface area is 230 Å². The monoisotopic (exact) mass is 550 g/mol. The van der Waals surface area contributed by atoms with Crippen molar-refractivity contribution in [3.05, 3.63) is 76.4 Å². The van der Waals surface area contributed by atoms with Crippen molar-refractivity contribution in [2.24, 2.45) is 7.05 Å². The number of amides is 1. The first-order chi connectivity index (χ1) is 18.3. The van der Waals surface area contributed by atoms with Gasteiger partial charge in [-0.1, -0.05) is 68.1 Å². The minimum Gasteiger partial charge on any atom is -0.486 e. The van der Waals surface area contributed by atoms with Crippen molar-refractivity contribution in [3.63, 3.8) is 0 Å². The standard InChI is InChI=1S/C28H30N4O4S2/c1-17(2)19-11-13-21(14-12-19)36-15-22-30-31-28(32(22)4)37-16-23(33)29-26-25(27(34)35-5)24(18(3)38-26)20-9-7-6-8-10-20/h6-14,17H,15-16H2,1-5H3,(H,29,33). The van der Waals surface area contributed by atoms with E-state index >= 15 is 0 Å². The lowest BCUT2D eigenvalue weighted by Gasteiger charge is -2.09. The van der Waals surface area contributed by atoms with Crippen LogP contribution in [-0.2, 0) is 23.2 Å². The number of aryl methyl sites for hydroxylation is 1. The lowest BCUT2D eigenvalue weighted by atomic mass is 10.0. The summed E-state index contributed by atoms with van der Waals surface area (Å²) < 4.78 is 12.7. The molecule has 0 aliphatic heterocycles. The van der Waals surface area contributed by atoms with Gasteiger partial charge in [0.2, 0.25) is 5.91 Å². The van der Waals surface area contributed by atoms with Gasteiger partial charge in [-0.25, -0.2) is 4.79 Å². The fourth-order valence-electron chi connectivity index (χ4n) is 3.87. The smallest absolute Gasteiger partial charge is 0.341 e. The quantitative estimate of drug-likeness (QED) is 0.189. The number of methoxy groups -OCH3 is 1. The highest BCUT2D eigenvalue weighted by Crippen LogP contribution is 2.40. The predicted molar refractivity (Wildman–Crippen MR) is 151 cm³/mol. The molecule has 10 heteroatoms. The fraction of sp³-hybridized carbons (Fsp3) is 0.286. The summed E-state index contributed by atoms with van der Waals surface area (Å²) in [5, 5.41) is 12.4. The molecule has 0 unspecified atom stereocenters. The average Bonchev–Trinajstić information content (AvgIpc) is 3.44. The van der Waals surface area contributed by atoms with Gasteiger partial charge in [-0.3, -0.25) is 4.79 Å². The maximum absolute atomic E-state index is 12.9. The van der Waals surface area contributed by atoms with Gasteiger partial charge in [0.05, 0.1) is 12.9 Å². The van der Waals surface area contributed by atoms with E-state index in [1.54, 1.807) is 0 Å². The van der Waals surface area contributed by atoms with Crippen molar-refractivity contribution in [3.8, 4) is 16.9 Å². The number of hydrogen-bond acceptors (Lipinski definition) is 8. The Morgan fingerprint density at radius 2 is 1.79 bits per heavy atom. The van der Waals surface area contributed by atoms with Gasteiger partial charge >= 0.3 is 5.97 Å². The number of benzene rings is 2. The number of carbonyl (C=O) groups is 2. The van der Waals surface area contributed by atoms with E-state index in [1.807, 2.05) is 61.0 Å². The Kier molecular flexibility index (Phi) is 8.85. The molecule has 2 heterocycles. The summed E-state index contributed by atoms with van der Waals surface area (Å²) in [5.41, 5.74) is 3.27. The van der Waals surface area contributed by atoms with E-state index in [0.717, 1.165) is 21.8 Å². The number of thioether (sulfide) groups is 1. The number of anilines is 1. The Balaban J connectivity index is 1.40. The molecule has 0 radical (unpaired) electrons. The highest BCUT2D eigenvalue weighted by Gasteiger charge is 2.25. The summed E-state index contributed by atoms with van der Waals surface area (Å²) in [7, 11) is 3.17. The van der Waals surface area contributed by atoms with Crippen LogP contribution in [0.2, 0.25) is 0 Å². The van der Waals surface area contributed by atoms with Gasteiger partial charge in [-0.15, -0.1) is 21.5 Å². The van der Waals surface area contributed by atoms with Crippen LogP contribution in [0.1, 0.15) is 46.4 Å². The third-order valence-corrected chi connectivity index (χ3v) is 8.00. The van der Waals surface area contributed by atoms with Crippen LogP contribution in [0.5, 0.6) is 5.75 Å². The highest BCUT2D eigenvalue weighted by atomic mass is 32.2. The number of nitrogens with one attached hydrogen (secondary N) is 1. The molecular weight excluding hydrogens is 520 g/mol. The van der Waals surface area contributed by atoms with Gasteiger partial charge in [-0.05, 0) is 36.1 Å². The number of carbonyl (C=O) groups excluding carboxylic acids is 2. The summed E-state index contributed by atoms with van der Waals surface area (Å²) in [6.45, 7) is 6.48. The number of nitrogens with zero attached hydrogens (tertiary/aromatic N) is 3. The van der Waals surface area contributed by atoms with Gasteiger partial charge in [0.1, 0.15) is 22.9 Å². The fourth-order valence-corrected chi connectivity index (χ4v) is 5.68. The van der Waals surface area contributed by atoms with E-state index in [9.17, 15) is 9.59 Å². The van der Waals surface area contributed by atoms with Crippen molar-refractivity contribution < 1.29 is 19.1 Å². The molecule has 2 aromatic heterocycles.